The van der Waals surface area contributed by atoms with Gasteiger partial charge in [-0.05, 0) is 25.6 Å². The number of carbonyl (C=O) groups excluding carboxylic acids is 1. The van der Waals surface area contributed by atoms with Crippen LogP contribution in [-0.2, 0) is 4.79 Å². The molecule has 0 aliphatic carbocycles. The molecule has 0 radical (unpaired) electrons. The number of carbonyl (C=O) groups is 1. The van der Waals surface area contributed by atoms with Gasteiger partial charge in [-0.25, -0.2) is 0 Å². The molecule has 0 spiro atoms. The van der Waals surface area contributed by atoms with Crippen LogP contribution in [0.3, 0.4) is 0 Å². The van der Waals surface area contributed by atoms with Crippen molar-refractivity contribution in [3.05, 3.63) is 30.3 Å². The van der Waals surface area contributed by atoms with E-state index in [0.29, 0.717) is 13.1 Å². The molecule has 0 saturated carbocycles. The number of nitriles is 1. The predicted octanol–water partition coefficient (Wildman–Crippen LogP) is 2.11. The van der Waals surface area contributed by atoms with Gasteiger partial charge in [-0.2, -0.15) is 5.26 Å². The summed E-state index contributed by atoms with van der Waals surface area (Å²) in [6, 6.07) is 11.6. The van der Waals surface area contributed by atoms with E-state index in [1.807, 2.05) is 49.1 Å². The van der Waals surface area contributed by atoms with Gasteiger partial charge in [-0.15, -0.1) is 0 Å². The number of benzene rings is 1. The number of likely N-dealkylation sites (N-methyl/N-ethyl adjacent to an activating group) is 1. The van der Waals surface area contributed by atoms with Crippen LogP contribution in [-0.4, -0.2) is 30.4 Å². The fourth-order valence-electron chi connectivity index (χ4n) is 1.66. The normalized spacial score (nSPS) is 11.9. The Hall–Kier alpha value is -1.86. The summed E-state index contributed by atoms with van der Waals surface area (Å²) in [5, 5.41) is 11.6. The van der Waals surface area contributed by atoms with Gasteiger partial charge in [0.2, 0.25) is 5.91 Å². The highest BCUT2D eigenvalue weighted by molar-refractivity contribution is 5.92. The summed E-state index contributed by atoms with van der Waals surface area (Å²) in [7, 11) is 0. The number of nitrogens with zero attached hydrogens (tertiary/aromatic N) is 2. The molecule has 1 N–H and O–H groups in total. The van der Waals surface area contributed by atoms with Crippen LogP contribution in [0.2, 0.25) is 0 Å². The molecular weight excluding hydrogens is 226 g/mol. The van der Waals surface area contributed by atoms with E-state index in [-0.39, 0.29) is 11.8 Å². The third-order valence-corrected chi connectivity index (χ3v) is 2.62. The summed E-state index contributed by atoms with van der Waals surface area (Å²) in [4.78, 5) is 13.8. The molecule has 4 heteroatoms. The van der Waals surface area contributed by atoms with Crippen LogP contribution in [0.5, 0.6) is 0 Å². The van der Waals surface area contributed by atoms with Gasteiger partial charge in [0.05, 0.1) is 18.5 Å². The zero-order valence-corrected chi connectivity index (χ0v) is 10.9. The first-order valence-electron chi connectivity index (χ1n) is 6.12. The van der Waals surface area contributed by atoms with E-state index in [1.54, 1.807) is 0 Å². The van der Waals surface area contributed by atoms with E-state index in [2.05, 4.69) is 11.4 Å². The van der Waals surface area contributed by atoms with Gasteiger partial charge < -0.3 is 5.32 Å². The average Bonchev–Trinajstić information content (AvgIpc) is 2.38. The first-order valence-corrected chi connectivity index (χ1v) is 6.12. The van der Waals surface area contributed by atoms with E-state index >= 15 is 0 Å². The van der Waals surface area contributed by atoms with Crippen LogP contribution in [0.25, 0.3) is 0 Å². The number of hydrogen-bond donors (Lipinski definition) is 1. The molecule has 0 bridgehead atoms. The van der Waals surface area contributed by atoms with Crippen molar-refractivity contribution in [2.45, 2.75) is 13.8 Å². The first kappa shape index (κ1) is 14.2. The Bertz CT molecular complexity index is 411. The lowest BCUT2D eigenvalue weighted by Crippen LogP contribution is -2.35. The van der Waals surface area contributed by atoms with Gasteiger partial charge in [0, 0.05) is 12.2 Å². The van der Waals surface area contributed by atoms with Crippen molar-refractivity contribution in [3.8, 4) is 6.07 Å². The van der Waals surface area contributed by atoms with E-state index in [4.69, 9.17) is 5.26 Å². The number of nitrogens with one attached hydrogen (secondary N) is 1. The number of anilines is 1. The molecule has 0 saturated heterocycles. The lowest BCUT2D eigenvalue weighted by Gasteiger charge is -2.20. The van der Waals surface area contributed by atoms with Crippen LogP contribution in [0.15, 0.2) is 30.3 Å². The molecule has 1 aromatic carbocycles. The van der Waals surface area contributed by atoms with Gasteiger partial charge >= 0.3 is 0 Å². The Balaban J connectivity index is 2.45. The van der Waals surface area contributed by atoms with Gasteiger partial charge in [0.25, 0.3) is 0 Å². The lowest BCUT2D eigenvalue weighted by molar-refractivity contribution is -0.117. The fourth-order valence-corrected chi connectivity index (χ4v) is 1.66. The molecule has 1 amide bonds. The van der Waals surface area contributed by atoms with Crippen LogP contribution in [0.1, 0.15) is 13.8 Å². The fraction of sp³-hybridized carbons (Fsp3) is 0.429. The van der Waals surface area contributed by atoms with Crippen LogP contribution in [0, 0.1) is 17.2 Å². The third kappa shape index (κ3) is 4.98. The second-order valence-corrected chi connectivity index (χ2v) is 4.27. The monoisotopic (exact) mass is 245 g/mol. The number of amides is 1. The minimum atomic E-state index is -0.0607. The van der Waals surface area contributed by atoms with E-state index in [0.717, 1.165) is 12.2 Å². The number of rotatable bonds is 6. The molecule has 96 valence electrons. The van der Waals surface area contributed by atoms with E-state index in [1.165, 1.54) is 0 Å². The summed E-state index contributed by atoms with van der Waals surface area (Å²) in [5.41, 5.74) is 0.798. The summed E-state index contributed by atoms with van der Waals surface area (Å²) in [6.45, 7) is 5.54. The molecule has 0 aromatic heterocycles. The molecule has 1 unspecified atom stereocenters. The molecule has 0 heterocycles. The van der Waals surface area contributed by atoms with Crippen molar-refractivity contribution in [1.29, 1.82) is 5.26 Å². The SMILES string of the molecule is CCN(CC(=O)Nc1ccccc1)CC(C)C#N. The van der Waals surface area contributed by atoms with Gasteiger partial charge in [-0.3, -0.25) is 9.69 Å². The maximum atomic E-state index is 11.8. The Morgan fingerprint density at radius 2 is 2.11 bits per heavy atom. The van der Waals surface area contributed by atoms with Crippen molar-refractivity contribution in [1.82, 2.24) is 4.90 Å². The average molecular weight is 245 g/mol. The van der Waals surface area contributed by atoms with Gasteiger partial charge in [0.1, 0.15) is 0 Å². The number of para-hydroxylation sites is 1. The molecule has 1 atom stereocenters. The summed E-state index contributed by atoms with van der Waals surface area (Å²) < 4.78 is 0. The van der Waals surface area contributed by atoms with E-state index < -0.39 is 0 Å². The van der Waals surface area contributed by atoms with Crippen LogP contribution < -0.4 is 5.32 Å². The quantitative estimate of drug-likeness (QED) is 0.835. The Morgan fingerprint density at radius 3 is 2.67 bits per heavy atom. The largest absolute Gasteiger partial charge is 0.325 e. The zero-order valence-electron chi connectivity index (χ0n) is 10.9. The highest BCUT2D eigenvalue weighted by Crippen LogP contribution is 2.05. The summed E-state index contributed by atoms with van der Waals surface area (Å²) >= 11 is 0. The molecule has 1 rings (SSSR count). The molecular formula is C14H19N3O. The van der Waals surface area contributed by atoms with Crippen molar-refractivity contribution in [3.63, 3.8) is 0 Å². The summed E-state index contributed by atoms with van der Waals surface area (Å²) in [5.74, 6) is -0.109. The molecule has 0 fully saturated rings. The minimum Gasteiger partial charge on any atom is -0.325 e. The highest BCUT2D eigenvalue weighted by atomic mass is 16.2. The highest BCUT2D eigenvalue weighted by Gasteiger charge is 2.12. The maximum absolute atomic E-state index is 11.8. The topological polar surface area (TPSA) is 56.1 Å². The molecule has 0 aliphatic rings. The lowest BCUT2D eigenvalue weighted by atomic mass is 10.2. The maximum Gasteiger partial charge on any atom is 0.238 e. The first-order chi connectivity index (χ1) is 8.65. The minimum absolute atomic E-state index is 0.0480. The molecule has 0 aliphatic heterocycles. The molecule has 4 nitrogen and oxygen atoms in total. The zero-order chi connectivity index (χ0) is 13.4. The second-order valence-electron chi connectivity index (χ2n) is 4.27. The van der Waals surface area contributed by atoms with Crippen molar-refractivity contribution in [2.24, 2.45) is 5.92 Å². The van der Waals surface area contributed by atoms with Gasteiger partial charge in [0.15, 0.2) is 0 Å². The number of hydrogen-bond acceptors (Lipinski definition) is 3. The predicted molar refractivity (Wildman–Crippen MR) is 72.0 cm³/mol. The smallest absolute Gasteiger partial charge is 0.238 e. The summed E-state index contributed by atoms with van der Waals surface area (Å²) in [6.07, 6.45) is 0. The molecule has 18 heavy (non-hydrogen) atoms. The van der Waals surface area contributed by atoms with Crippen LogP contribution >= 0.6 is 0 Å². The standard InChI is InChI=1S/C14H19N3O/c1-3-17(10-12(2)9-15)11-14(18)16-13-7-5-4-6-8-13/h4-8,12H,3,10-11H2,1-2H3,(H,16,18). The van der Waals surface area contributed by atoms with Crippen molar-refractivity contribution in [2.75, 3.05) is 25.0 Å². The molecule has 1 aromatic rings. The Labute approximate surface area is 108 Å². The van der Waals surface area contributed by atoms with Crippen LogP contribution in [0.4, 0.5) is 5.69 Å². The Kier molecular flexibility index (Phi) is 5.89. The Morgan fingerprint density at radius 1 is 1.44 bits per heavy atom. The van der Waals surface area contributed by atoms with Gasteiger partial charge in [-0.1, -0.05) is 25.1 Å². The van der Waals surface area contributed by atoms with Crippen molar-refractivity contribution >= 4 is 11.6 Å². The third-order valence-electron chi connectivity index (χ3n) is 2.62. The second kappa shape index (κ2) is 7.46. The van der Waals surface area contributed by atoms with E-state index in [9.17, 15) is 4.79 Å². The van der Waals surface area contributed by atoms with Crippen molar-refractivity contribution < 1.29 is 4.79 Å².